The zero-order chi connectivity index (χ0) is 66.5. The van der Waals surface area contributed by atoms with Crippen molar-refractivity contribution < 1.29 is 75.4 Å². The maximum atomic E-state index is 11.9. The molecular weight excluding hydrogens is 1400 g/mol. The van der Waals surface area contributed by atoms with Crippen molar-refractivity contribution in [1.29, 1.82) is 0 Å². The third kappa shape index (κ3) is 37.9. The molecule has 2 amide bonds. The number of nitrogen functional groups attached to an aromatic ring is 1. The van der Waals surface area contributed by atoms with E-state index in [1.807, 2.05) is 27.7 Å². The molecule has 0 atom stereocenters. The summed E-state index contributed by atoms with van der Waals surface area (Å²) in [6, 6.07) is 35.5. The van der Waals surface area contributed by atoms with Gasteiger partial charge in [-0.3, -0.25) is 44.6 Å². The Balaban J connectivity index is 0.000000553. The molecule has 0 radical (unpaired) electrons. The highest BCUT2D eigenvalue weighted by Gasteiger charge is 2.18. The van der Waals surface area contributed by atoms with Crippen LogP contribution in [-0.2, 0) is 23.8 Å². The number of rotatable bonds is 21. The summed E-state index contributed by atoms with van der Waals surface area (Å²) >= 11 is 4.66. The van der Waals surface area contributed by atoms with Gasteiger partial charge in [0.2, 0.25) is 0 Å². The molecule has 0 spiro atoms. The third-order valence-electron chi connectivity index (χ3n) is 9.45. The molecule has 6 aromatic carbocycles. The molecule has 28 nitrogen and oxygen atoms in total. The van der Waals surface area contributed by atoms with Crippen LogP contribution in [0.4, 0.5) is 38.0 Å². The number of alkyl carbamates (subject to hydrolysis) is 2. The van der Waals surface area contributed by atoms with Gasteiger partial charge in [0.05, 0.1) is 39.6 Å². The van der Waals surface area contributed by atoms with Crippen LogP contribution in [0.1, 0.15) is 54.0 Å². The smallest absolute Gasteiger partial charge is 0.407 e. The summed E-state index contributed by atoms with van der Waals surface area (Å²) in [7, 11) is -3.82. The van der Waals surface area contributed by atoms with Crippen molar-refractivity contribution >= 4 is 95.9 Å². The number of ether oxygens (including phenoxy) is 6. The van der Waals surface area contributed by atoms with E-state index in [1.54, 1.807) is 69.3 Å². The largest absolute Gasteiger partial charge is 0.508 e. The SMILES string of the molecule is CC(C)(C)OC(=O)NCCOc1ccc(N)cc1.CC(C)(C)OC(=O)NCCOc1ccc([N+](=O)[O-])cc1.CC(I)I.Cc1ccc(S(=O)(=O)OCCOc2ccc([N+](=O)[O-])cc2)cc1.NCCOc1ccc([N+](=O)[O-])cc1.O=[N+]([O-])c1ccc(O)cc1. The van der Waals surface area contributed by atoms with Crippen molar-refractivity contribution in [3.05, 3.63) is 192 Å². The van der Waals surface area contributed by atoms with E-state index in [0.29, 0.717) is 49.2 Å². The summed E-state index contributed by atoms with van der Waals surface area (Å²) in [4.78, 5) is 62.0. The highest BCUT2D eigenvalue weighted by molar-refractivity contribution is 14.2. The number of anilines is 1. The van der Waals surface area contributed by atoms with Crippen molar-refractivity contribution in [1.82, 2.24) is 10.6 Å². The molecule has 0 unspecified atom stereocenters. The molecule has 480 valence electrons. The first-order valence-electron chi connectivity index (χ1n) is 26.1. The topological polar surface area (TPSA) is 402 Å². The number of alkyl halides is 2. The van der Waals surface area contributed by atoms with Crippen LogP contribution in [0.3, 0.4) is 0 Å². The number of phenols is 1. The molecule has 88 heavy (non-hydrogen) atoms. The number of nitrogens with one attached hydrogen (secondary N) is 2. The molecule has 31 heteroatoms. The van der Waals surface area contributed by atoms with E-state index in [4.69, 9.17) is 49.2 Å². The van der Waals surface area contributed by atoms with E-state index in [1.165, 1.54) is 97.1 Å². The van der Waals surface area contributed by atoms with Crippen LogP contribution in [0.5, 0.6) is 28.7 Å². The normalized spacial score (nSPS) is 10.5. The minimum Gasteiger partial charge on any atom is -0.508 e. The third-order valence-corrected chi connectivity index (χ3v) is 10.8. The number of halogens is 2. The lowest BCUT2D eigenvalue weighted by molar-refractivity contribution is -0.385. The fourth-order valence-corrected chi connectivity index (χ4v) is 6.55. The Bertz CT molecular complexity index is 3150. The van der Waals surface area contributed by atoms with Gasteiger partial charge in [-0.05, 0) is 140 Å². The number of nitrogens with two attached hydrogens (primary N) is 2. The number of non-ortho nitro benzene ring substituents is 4. The minimum atomic E-state index is -3.82. The molecule has 6 aromatic rings. The van der Waals surface area contributed by atoms with Gasteiger partial charge in [0, 0.05) is 60.8 Å². The fourth-order valence-electron chi connectivity index (χ4n) is 5.66. The molecule has 6 rings (SSSR count). The molecule has 0 aliphatic heterocycles. The van der Waals surface area contributed by atoms with Gasteiger partial charge in [-0.2, -0.15) is 8.42 Å². The second kappa shape index (κ2) is 40.9. The van der Waals surface area contributed by atoms with Gasteiger partial charge >= 0.3 is 12.2 Å². The number of hydrogen-bond donors (Lipinski definition) is 5. The van der Waals surface area contributed by atoms with Crippen molar-refractivity contribution in [2.24, 2.45) is 5.73 Å². The molecule has 0 aliphatic rings. The maximum Gasteiger partial charge on any atom is 0.407 e. The highest BCUT2D eigenvalue weighted by atomic mass is 127. The van der Waals surface area contributed by atoms with Crippen molar-refractivity contribution in [2.75, 3.05) is 58.4 Å². The number of amides is 2. The van der Waals surface area contributed by atoms with Gasteiger partial charge in [0.1, 0.15) is 73.0 Å². The first-order valence-corrected chi connectivity index (χ1v) is 30.0. The van der Waals surface area contributed by atoms with Gasteiger partial charge in [-0.1, -0.05) is 62.9 Å². The summed E-state index contributed by atoms with van der Waals surface area (Å²) < 4.78 is 60.8. The minimum absolute atomic E-state index is 0.00288. The summed E-state index contributed by atoms with van der Waals surface area (Å²) in [6.45, 7) is 16.8. The van der Waals surface area contributed by atoms with Crippen LogP contribution in [0.25, 0.3) is 0 Å². The molecule has 0 fully saturated rings. The number of benzene rings is 6. The van der Waals surface area contributed by atoms with Crippen molar-refractivity contribution in [2.45, 2.75) is 73.4 Å². The van der Waals surface area contributed by atoms with Crippen LogP contribution < -0.4 is 41.0 Å². The number of aryl methyl sites for hydroxylation is 1. The number of hydrogen-bond acceptors (Lipinski definition) is 22. The molecule has 0 aliphatic carbocycles. The number of phenolic OH excluding ortho intramolecular Hbond substituents is 1. The van der Waals surface area contributed by atoms with E-state index in [2.05, 4.69) is 62.7 Å². The summed E-state index contributed by atoms with van der Waals surface area (Å²) in [5.41, 5.74) is 11.4. The van der Waals surface area contributed by atoms with Crippen LogP contribution in [0, 0.1) is 47.4 Å². The predicted molar refractivity (Wildman–Crippen MR) is 346 cm³/mol. The molecule has 0 saturated carbocycles. The summed E-state index contributed by atoms with van der Waals surface area (Å²) in [5, 5.41) is 55.2. The number of carbonyl (C=O) groups excluding carboxylic acids is 2. The van der Waals surface area contributed by atoms with Gasteiger partial charge in [-0.15, -0.1) is 0 Å². The quantitative estimate of drug-likeness (QED) is 0.00850. The Morgan fingerprint density at radius 2 is 0.818 bits per heavy atom. The Labute approximate surface area is 536 Å². The van der Waals surface area contributed by atoms with E-state index in [0.717, 1.165) is 13.2 Å². The van der Waals surface area contributed by atoms with Crippen LogP contribution in [-0.4, -0.2) is 111 Å². The maximum absolute atomic E-state index is 11.9. The van der Waals surface area contributed by atoms with E-state index in [-0.39, 0.29) is 59.8 Å². The first-order chi connectivity index (χ1) is 41.2. The predicted octanol–water partition coefficient (Wildman–Crippen LogP) is 11.8. The van der Waals surface area contributed by atoms with E-state index < -0.39 is 53.2 Å². The Hall–Kier alpha value is -8.41. The van der Waals surface area contributed by atoms with E-state index >= 15 is 0 Å². The molecular formula is C57H72I2N8O20S. The average molecular weight is 1480 g/mol. The van der Waals surface area contributed by atoms with Gasteiger partial charge in [0.15, 0.2) is 0 Å². The van der Waals surface area contributed by atoms with Gasteiger partial charge in [-0.25, -0.2) is 9.59 Å². The lowest BCUT2D eigenvalue weighted by Crippen LogP contribution is -2.34. The molecule has 0 heterocycles. The lowest BCUT2D eigenvalue weighted by Gasteiger charge is -2.19. The fraction of sp³-hybridized carbons (Fsp3) is 0.333. The molecule has 7 N–H and O–H groups in total. The first kappa shape index (κ1) is 77.6. The molecule has 0 aromatic heterocycles. The van der Waals surface area contributed by atoms with Crippen molar-refractivity contribution in [3.63, 3.8) is 0 Å². The Morgan fingerprint density at radius 3 is 1.12 bits per heavy atom. The molecule has 0 saturated heterocycles. The Morgan fingerprint density at radius 1 is 0.523 bits per heavy atom. The van der Waals surface area contributed by atoms with Crippen LogP contribution in [0.2, 0.25) is 0 Å². The number of aromatic hydroxyl groups is 1. The number of nitro groups is 4. The number of nitro benzene ring substituents is 4. The average Bonchev–Trinajstić information content (AvgIpc) is 3.65. The zero-order valence-corrected chi connectivity index (χ0v) is 54.5. The van der Waals surface area contributed by atoms with Crippen LogP contribution >= 0.6 is 45.2 Å². The molecule has 0 bridgehead atoms. The highest BCUT2D eigenvalue weighted by Crippen LogP contribution is 2.21. The zero-order valence-electron chi connectivity index (χ0n) is 49.4. The number of carbonyl (C=O) groups is 2. The van der Waals surface area contributed by atoms with Gasteiger partial charge in [0.25, 0.3) is 32.9 Å². The monoisotopic (exact) mass is 1470 g/mol. The second-order valence-electron chi connectivity index (χ2n) is 19.2. The van der Waals surface area contributed by atoms with Crippen molar-refractivity contribution in [3.8, 4) is 28.7 Å². The van der Waals surface area contributed by atoms with Crippen LogP contribution in [0.15, 0.2) is 150 Å². The van der Waals surface area contributed by atoms with Gasteiger partial charge < -0.3 is 55.6 Å². The summed E-state index contributed by atoms with van der Waals surface area (Å²) in [5.74, 6) is 2.24. The standard InChI is InChI=1S/C15H15NO6S.C13H18N2O5.C13H20N2O3.C8H10N2O3.C6H5NO3.C2H4I2/c1-12-2-8-15(9-3-12)23(19,20)22-11-10-21-14-6-4-13(5-7-14)16(17)18;1-13(2,3)20-12(16)14-8-9-19-11-6-4-10(5-7-11)15(17)18;1-13(2,3)18-12(16)15-8-9-17-11-6-4-10(14)5-7-11;9-5-6-13-8-3-1-7(2-4-8)10(11)12;8-6-3-1-5(2-4-6)7(9)10;1-2(3)4/h2-9H,10-11H2,1H3;4-7H,8-9H2,1-3H3,(H,14,16);4-7H,8-9,14H2,1-3H3,(H,15,16);1-4H,5-6,9H2;1-4,8H;2H,1H3. The Kier molecular flexibility index (Phi) is 36.0. The number of nitrogens with zero attached hydrogens (tertiary/aromatic N) is 4. The summed E-state index contributed by atoms with van der Waals surface area (Å²) in [6.07, 6.45) is -0.951. The van der Waals surface area contributed by atoms with E-state index in [9.17, 15) is 58.5 Å². The lowest BCUT2D eigenvalue weighted by atomic mass is 10.2. The second-order valence-corrected chi connectivity index (χ2v) is 27.0.